The van der Waals surface area contributed by atoms with E-state index in [0.717, 1.165) is 0 Å². The van der Waals surface area contributed by atoms with Crippen LogP contribution in [-0.4, -0.2) is 31.0 Å². The van der Waals surface area contributed by atoms with Crippen LogP contribution in [0.15, 0.2) is 0 Å². The molecule has 0 saturated heterocycles. The molecule has 1 rings (SSSR count). The van der Waals surface area contributed by atoms with Gasteiger partial charge < -0.3 is 5.11 Å². The standard InChI is InChI=1S/C6H8F3NO4S/c7-6(8,9)15(13,14)10-4-2-1-3(4)5(11)12/h3-4,10H,1-2H2,(H,11,12). The van der Waals surface area contributed by atoms with Crippen molar-refractivity contribution in [2.45, 2.75) is 24.4 Å². The number of halogens is 3. The molecule has 0 spiro atoms. The predicted molar refractivity (Wildman–Crippen MR) is 42.3 cm³/mol. The van der Waals surface area contributed by atoms with Gasteiger partial charge in [0.15, 0.2) is 0 Å². The van der Waals surface area contributed by atoms with Gasteiger partial charge in [-0.15, -0.1) is 0 Å². The van der Waals surface area contributed by atoms with E-state index in [1.807, 2.05) is 0 Å². The molecule has 2 N–H and O–H groups in total. The molecule has 9 heteroatoms. The smallest absolute Gasteiger partial charge is 0.481 e. The largest absolute Gasteiger partial charge is 0.511 e. The van der Waals surface area contributed by atoms with Gasteiger partial charge in [-0.05, 0) is 12.8 Å². The van der Waals surface area contributed by atoms with Gasteiger partial charge >= 0.3 is 21.5 Å². The summed E-state index contributed by atoms with van der Waals surface area (Å²) < 4.78 is 58.2. The molecular weight excluding hydrogens is 239 g/mol. The molecule has 0 aromatic heterocycles. The molecule has 0 aliphatic heterocycles. The molecule has 0 radical (unpaired) electrons. The van der Waals surface area contributed by atoms with Crippen LogP contribution in [0, 0.1) is 5.92 Å². The van der Waals surface area contributed by atoms with Gasteiger partial charge in [-0.25, -0.2) is 13.1 Å². The van der Waals surface area contributed by atoms with Gasteiger partial charge in [0.05, 0.1) is 5.92 Å². The predicted octanol–water partition coefficient (Wildman–Crippen LogP) is 0.289. The van der Waals surface area contributed by atoms with Crippen molar-refractivity contribution in [3.8, 4) is 0 Å². The maximum atomic E-state index is 11.9. The van der Waals surface area contributed by atoms with E-state index < -0.39 is 33.5 Å². The van der Waals surface area contributed by atoms with Gasteiger partial charge in [0, 0.05) is 6.04 Å². The van der Waals surface area contributed by atoms with Crippen molar-refractivity contribution >= 4 is 16.0 Å². The van der Waals surface area contributed by atoms with E-state index in [0.29, 0.717) is 0 Å². The Morgan fingerprint density at radius 1 is 1.33 bits per heavy atom. The van der Waals surface area contributed by atoms with Crippen LogP contribution in [0.1, 0.15) is 12.8 Å². The summed E-state index contributed by atoms with van der Waals surface area (Å²) in [4.78, 5) is 10.4. The molecule has 1 aliphatic carbocycles. The first kappa shape index (κ1) is 12.2. The van der Waals surface area contributed by atoms with Crippen LogP contribution in [0.3, 0.4) is 0 Å². The normalized spacial score (nSPS) is 27.1. The molecule has 5 nitrogen and oxygen atoms in total. The van der Waals surface area contributed by atoms with Crippen LogP contribution in [0.4, 0.5) is 13.2 Å². The average Bonchev–Trinajstić information content (AvgIpc) is 1.94. The van der Waals surface area contributed by atoms with Gasteiger partial charge in [0.25, 0.3) is 0 Å². The van der Waals surface area contributed by atoms with Crippen molar-refractivity contribution in [1.82, 2.24) is 4.72 Å². The number of hydrogen-bond acceptors (Lipinski definition) is 3. The fourth-order valence-corrected chi connectivity index (χ4v) is 2.02. The van der Waals surface area contributed by atoms with Crippen molar-refractivity contribution in [3.05, 3.63) is 0 Å². The third kappa shape index (κ3) is 2.40. The van der Waals surface area contributed by atoms with Crippen LogP contribution in [0.25, 0.3) is 0 Å². The highest BCUT2D eigenvalue weighted by atomic mass is 32.2. The Bertz CT molecular complexity index is 363. The van der Waals surface area contributed by atoms with E-state index >= 15 is 0 Å². The monoisotopic (exact) mass is 247 g/mol. The number of carboxylic acids is 1. The van der Waals surface area contributed by atoms with E-state index in [-0.39, 0.29) is 12.8 Å². The van der Waals surface area contributed by atoms with Gasteiger partial charge in [-0.3, -0.25) is 4.79 Å². The Labute approximate surface area is 83.3 Å². The average molecular weight is 247 g/mol. The number of rotatable bonds is 3. The molecule has 0 aromatic carbocycles. The molecule has 0 bridgehead atoms. The van der Waals surface area contributed by atoms with Crippen molar-refractivity contribution in [3.63, 3.8) is 0 Å². The zero-order chi connectivity index (χ0) is 11.9. The summed E-state index contributed by atoms with van der Waals surface area (Å²) in [6.07, 6.45) is 0.284. The molecule has 1 saturated carbocycles. The minimum atomic E-state index is -5.44. The summed E-state index contributed by atoms with van der Waals surface area (Å²) in [7, 11) is -5.44. The Balaban J connectivity index is 2.68. The lowest BCUT2D eigenvalue weighted by atomic mass is 9.80. The maximum absolute atomic E-state index is 11.9. The van der Waals surface area contributed by atoms with Crippen molar-refractivity contribution < 1.29 is 31.5 Å². The van der Waals surface area contributed by atoms with Crippen LogP contribution < -0.4 is 4.72 Å². The highest BCUT2D eigenvalue weighted by Crippen LogP contribution is 2.31. The number of alkyl halides is 3. The highest BCUT2D eigenvalue weighted by Gasteiger charge is 2.50. The van der Waals surface area contributed by atoms with Crippen LogP contribution in [0.2, 0.25) is 0 Å². The van der Waals surface area contributed by atoms with Crippen molar-refractivity contribution in [1.29, 1.82) is 0 Å². The summed E-state index contributed by atoms with van der Waals surface area (Å²) in [6, 6.07) is -1.16. The summed E-state index contributed by atoms with van der Waals surface area (Å²) in [5, 5.41) is 8.49. The van der Waals surface area contributed by atoms with E-state index in [1.165, 1.54) is 4.72 Å². The lowest BCUT2D eigenvalue weighted by Crippen LogP contribution is -2.52. The fourth-order valence-electron chi connectivity index (χ4n) is 1.20. The second-order valence-electron chi connectivity index (χ2n) is 3.20. The fraction of sp³-hybridized carbons (Fsp3) is 0.833. The second kappa shape index (κ2) is 3.63. The minimum absolute atomic E-state index is 0.103. The maximum Gasteiger partial charge on any atom is 0.511 e. The first-order valence-electron chi connectivity index (χ1n) is 3.96. The third-order valence-electron chi connectivity index (χ3n) is 2.20. The van der Waals surface area contributed by atoms with E-state index in [9.17, 15) is 26.4 Å². The molecule has 1 fully saturated rings. The Morgan fingerprint density at radius 2 is 1.87 bits per heavy atom. The zero-order valence-electron chi connectivity index (χ0n) is 7.28. The van der Waals surface area contributed by atoms with Crippen LogP contribution in [0.5, 0.6) is 0 Å². The van der Waals surface area contributed by atoms with Crippen LogP contribution >= 0.6 is 0 Å². The highest BCUT2D eigenvalue weighted by molar-refractivity contribution is 7.90. The van der Waals surface area contributed by atoms with E-state index in [2.05, 4.69) is 0 Å². The first-order valence-corrected chi connectivity index (χ1v) is 5.45. The summed E-state index contributed by atoms with van der Waals surface area (Å²) in [5.41, 5.74) is -5.40. The molecule has 2 atom stereocenters. The van der Waals surface area contributed by atoms with Gasteiger partial charge in [-0.2, -0.15) is 13.2 Å². The lowest BCUT2D eigenvalue weighted by Gasteiger charge is -2.33. The Morgan fingerprint density at radius 3 is 2.13 bits per heavy atom. The number of carboxylic acid groups (broad SMARTS) is 1. The number of hydrogen-bond donors (Lipinski definition) is 2. The number of nitrogens with one attached hydrogen (secondary N) is 1. The summed E-state index contributed by atoms with van der Waals surface area (Å²) in [5.74, 6) is -2.36. The first-order chi connectivity index (χ1) is 6.65. The molecular formula is C6H8F3NO4S. The minimum Gasteiger partial charge on any atom is -0.481 e. The quantitative estimate of drug-likeness (QED) is 0.750. The summed E-state index contributed by atoms with van der Waals surface area (Å²) >= 11 is 0. The molecule has 1 aliphatic rings. The molecule has 0 heterocycles. The van der Waals surface area contributed by atoms with Gasteiger partial charge in [0.1, 0.15) is 0 Å². The third-order valence-corrected chi connectivity index (χ3v) is 3.43. The van der Waals surface area contributed by atoms with Crippen molar-refractivity contribution in [2.75, 3.05) is 0 Å². The second-order valence-corrected chi connectivity index (χ2v) is 4.90. The number of carbonyl (C=O) groups is 1. The molecule has 88 valence electrons. The Kier molecular flexibility index (Phi) is 2.97. The van der Waals surface area contributed by atoms with E-state index in [1.54, 1.807) is 0 Å². The van der Waals surface area contributed by atoms with Gasteiger partial charge in [0.2, 0.25) is 0 Å². The van der Waals surface area contributed by atoms with Crippen LogP contribution in [-0.2, 0) is 14.8 Å². The lowest BCUT2D eigenvalue weighted by molar-refractivity contribution is -0.145. The molecule has 15 heavy (non-hydrogen) atoms. The molecule has 2 unspecified atom stereocenters. The summed E-state index contributed by atoms with van der Waals surface area (Å²) in [6.45, 7) is 0. The zero-order valence-corrected chi connectivity index (χ0v) is 8.10. The number of aliphatic carboxylic acids is 1. The molecule has 0 aromatic rings. The number of sulfonamides is 1. The topological polar surface area (TPSA) is 83.5 Å². The van der Waals surface area contributed by atoms with E-state index in [4.69, 9.17) is 5.11 Å². The van der Waals surface area contributed by atoms with Crippen molar-refractivity contribution in [2.24, 2.45) is 5.92 Å². The SMILES string of the molecule is O=C(O)C1CCC1NS(=O)(=O)C(F)(F)F. The van der Waals surface area contributed by atoms with Gasteiger partial charge in [-0.1, -0.05) is 0 Å². The molecule has 0 amide bonds. The Hall–Kier alpha value is -0.830.